The van der Waals surface area contributed by atoms with Crippen molar-refractivity contribution in [1.29, 1.82) is 0 Å². The molecule has 0 spiro atoms. The lowest BCUT2D eigenvalue weighted by molar-refractivity contribution is 0.0993. The van der Waals surface area contributed by atoms with Crippen molar-refractivity contribution in [3.63, 3.8) is 0 Å². The summed E-state index contributed by atoms with van der Waals surface area (Å²) in [7, 11) is 0. The van der Waals surface area contributed by atoms with Gasteiger partial charge in [-0.15, -0.1) is 0 Å². The summed E-state index contributed by atoms with van der Waals surface area (Å²) in [6.07, 6.45) is 5.19. The number of hydrogen-bond donors (Lipinski definition) is 1. The Labute approximate surface area is 118 Å². The van der Waals surface area contributed by atoms with Gasteiger partial charge in [0, 0.05) is 31.3 Å². The molecule has 4 nitrogen and oxygen atoms in total. The number of aryl methyl sites for hydroxylation is 1. The Hall–Kier alpha value is -1.94. The van der Waals surface area contributed by atoms with E-state index in [1.807, 2.05) is 29.9 Å². The lowest BCUT2D eigenvalue weighted by atomic mass is 9.96. The monoisotopic (exact) mass is 269 g/mol. The molecule has 1 aromatic heterocycles. The Bertz CT molecular complexity index is 630. The van der Waals surface area contributed by atoms with Crippen LogP contribution < -0.4 is 5.32 Å². The van der Waals surface area contributed by atoms with Crippen molar-refractivity contribution in [2.45, 2.75) is 32.9 Å². The van der Waals surface area contributed by atoms with Crippen LogP contribution in [0, 0.1) is 0 Å². The molecule has 0 amide bonds. The van der Waals surface area contributed by atoms with Crippen LogP contribution in [0.3, 0.4) is 0 Å². The molecule has 0 saturated heterocycles. The number of hydrogen-bond acceptors (Lipinski definition) is 3. The van der Waals surface area contributed by atoms with E-state index in [0.29, 0.717) is 6.42 Å². The Morgan fingerprint density at radius 3 is 3.10 bits per heavy atom. The quantitative estimate of drug-likeness (QED) is 0.863. The fraction of sp³-hybridized carbons (Fsp3) is 0.375. The Morgan fingerprint density at radius 1 is 1.40 bits per heavy atom. The van der Waals surface area contributed by atoms with E-state index in [9.17, 15) is 4.79 Å². The highest BCUT2D eigenvalue weighted by Gasteiger charge is 2.13. The molecule has 0 saturated carbocycles. The van der Waals surface area contributed by atoms with Gasteiger partial charge < -0.3 is 5.32 Å². The second-order valence-corrected chi connectivity index (χ2v) is 5.21. The van der Waals surface area contributed by atoms with Gasteiger partial charge in [-0.2, -0.15) is 5.10 Å². The first-order valence-corrected chi connectivity index (χ1v) is 7.13. The van der Waals surface area contributed by atoms with E-state index in [4.69, 9.17) is 0 Å². The van der Waals surface area contributed by atoms with Gasteiger partial charge in [-0.05, 0) is 42.6 Å². The van der Waals surface area contributed by atoms with E-state index in [1.165, 1.54) is 11.1 Å². The summed E-state index contributed by atoms with van der Waals surface area (Å²) in [5.74, 6) is 0.161. The highest BCUT2D eigenvalue weighted by atomic mass is 16.1. The third-order valence-corrected chi connectivity index (χ3v) is 3.79. The molecule has 20 heavy (non-hydrogen) atoms. The first-order chi connectivity index (χ1) is 9.76. The minimum absolute atomic E-state index is 0.161. The predicted molar refractivity (Wildman–Crippen MR) is 77.8 cm³/mol. The number of carbonyl (C=O) groups excluding carboxylic acids is 1. The second kappa shape index (κ2) is 5.59. The Kier molecular flexibility index (Phi) is 3.65. The number of carbonyl (C=O) groups is 1. The Balaban J connectivity index is 1.76. The van der Waals surface area contributed by atoms with Gasteiger partial charge in [0.25, 0.3) is 0 Å². The van der Waals surface area contributed by atoms with Gasteiger partial charge in [0.15, 0.2) is 5.78 Å². The zero-order chi connectivity index (χ0) is 13.9. The number of benzene rings is 1. The molecule has 0 atom stereocenters. The van der Waals surface area contributed by atoms with E-state index in [1.54, 1.807) is 6.20 Å². The summed E-state index contributed by atoms with van der Waals surface area (Å²) in [5.41, 5.74) is 4.40. The average molecular weight is 269 g/mol. The van der Waals surface area contributed by atoms with Gasteiger partial charge in [-0.25, -0.2) is 0 Å². The predicted octanol–water partition coefficient (Wildman–Crippen LogP) is 1.97. The van der Waals surface area contributed by atoms with Crippen LogP contribution in [0.4, 0.5) is 0 Å². The van der Waals surface area contributed by atoms with Crippen molar-refractivity contribution in [2.75, 3.05) is 6.54 Å². The number of nitrogens with zero attached hydrogens (tertiary/aromatic N) is 2. The number of rotatable bonds is 4. The fourth-order valence-electron chi connectivity index (χ4n) is 2.61. The standard InChI is InChI=1S/C16H19N3O/c1-2-19-11-12(9-18-19)7-16(20)14-4-3-13-5-6-17-10-15(13)8-14/h3-4,8-9,11,17H,2,5-7,10H2,1H3. The summed E-state index contributed by atoms with van der Waals surface area (Å²) in [4.78, 5) is 12.3. The SMILES string of the molecule is CCn1cc(CC(=O)c2ccc3c(c2)CNCC3)cn1. The van der Waals surface area contributed by atoms with Crippen LogP contribution in [0.1, 0.15) is 34.0 Å². The minimum atomic E-state index is 0.161. The zero-order valence-electron chi connectivity index (χ0n) is 11.7. The number of aromatic nitrogens is 2. The van der Waals surface area contributed by atoms with E-state index in [-0.39, 0.29) is 5.78 Å². The first kappa shape index (κ1) is 13.1. The van der Waals surface area contributed by atoms with Crippen LogP contribution in [0.5, 0.6) is 0 Å². The minimum Gasteiger partial charge on any atom is -0.312 e. The van der Waals surface area contributed by atoms with Crippen LogP contribution in [0.2, 0.25) is 0 Å². The van der Waals surface area contributed by atoms with Gasteiger partial charge in [-0.1, -0.05) is 12.1 Å². The summed E-state index contributed by atoms with van der Waals surface area (Å²) < 4.78 is 1.85. The van der Waals surface area contributed by atoms with Crippen LogP contribution in [0.25, 0.3) is 0 Å². The highest BCUT2D eigenvalue weighted by Crippen LogP contribution is 2.17. The lowest BCUT2D eigenvalue weighted by Crippen LogP contribution is -2.23. The summed E-state index contributed by atoms with van der Waals surface area (Å²) >= 11 is 0. The number of nitrogens with one attached hydrogen (secondary N) is 1. The molecule has 0 radical (unpaired) electrons. The zero-order valence-corrected chi connectivity index (χ0v) is 11.7. The van der Waals surface area contributed by atoms with Gasteiger partial charge in [0.05, 0.1) is 6.20 Å². The number of ketones is 1. The van der Waals surface area contributed by atoms with E-state index >= 15 is 0 Å². The maximum absolute atomic E-state index is 12.3. The number of fused-ring (bicyclic) bond motifs is 1. The smallest absolute Gasteiger partial charge is 0.167 e. The summed E-state index contributed by atoms with van der Waals surface area (Å²) in [6.45, 7) is 4.76. The first-order valence-electron chi connectivity index (χ1n) is 7.13. The van der Waals surface area contributed by atoms with Gasteiger partial charge in [-0.3, -0.25) is 9.48 Å². The number of Topliss-reactive ketones (excluding diaryl/α,β-unsaturated/α-hetero) is 1. The van der Waals surface area contributed by atoms with Crippen molar-refractivity contribution in [2.24, 2.45) is 0 Å². The molecule has 0 bridgehead atoms. The van der Waals surface area contributed by atoms with Crippen molar-refractivity contribution < 1.29 is 4.79 Å². The van der Waals surface area contributed by atoms with Crippen LogP contribution in [-0.4, -0.2) is 22.1 Å². The molecule has 4 heteroatoms. The molecular formula is C16H19N3O. The average Bonchev–Trinajstić information content (AvgIpc) is 2.94. The normalized spacial score (nSPS) is 14.1. The molecule has 1 aromatic carbocycles. The lowest BCUT2D eigenvalue weighted by Gasteiger charge is -2.17. The van der Waals surface area contributed by atoms with Gasteiger partial charge in [0.2, 0.25) is 0 Å². The topological polar surface area (TPSA) is 46.9 Å². The molecule has 1 aliphatic heterocycles. The molecular weight excluding hydrogens is 250 g/mol. The summed E-state index contributed by atoms with van der Waals surface area (Å²) in [5, 5.41) is 7.55. The van der Waals surface area contributed by atoms with Crippen molar-refractivity contribution in [3.05, 3.63) is 52.8 Å². The summed E-state index contributed by atoms with van der Waals surface area (Å²) in [6, 6.07) is 6.09. The van der Waals surface area contributed by atoms with Crippen molar-refractivity contribution >= 4 is 5.78 Å². The van der Waals surface area contributed by atoms with E-state index < -0.39 is 0 Å². The third kappa shape index (κ3) is 2.65. The maximum Gasteiger partial charge on any atom is 0.167 e. The molecule has 0 unspecified atom stereocenters. The second-order valence-electron chi connectivity index (χ2n) is 5.21. The molecule has 104 valence electrons. The van der Waals surface area contributed by atoms with Gasteiger partial charge in [0.1, 0.15) is 0 Å². The Morgan fingerprint density at radius 2 is 2.30 bits per heavy atom. The third-order valence-electron chi connectivity index (χ3n) is 3.79. The van der Waals surface area contributed by atoms with Crippen LogP contribution in [0.15, 0.2) is 30.6 Å². The van der Waals surface area contributed by atoms with E-state index in [2.05, 4.69) is 16.5 Å². The highest BCUT2D eigenvalue weighted by molar-refractivity contribution is 5.97. The van der Waals surface area contributed by atoms with Crippen molar-refractivity contribution in [1.82, 2.24) is 15.1 Å². The molecule has 0 fully saturated rings. The molecule has 3 rings (SSSR count). The van der Waals surface area contributed by atoms with Crippen LogP contribution in [-0.2, 0) is 25.9 Å². The molecule has 0 aliphatic carbocycles. The van der Waals surface area contributed by atoms with Gasteiger partial charge >= 0.3 is 0 Å². The fourth-order valence-corrected chi connectivity index (χ4v) is 2.61. The van der Waals surface area contributed by atoms with Crippen LogP contribution >= 0.6 is 0 Å². The van der Waals surface area contributed by atoms with Crippen molar-refractivity contribution in [3.8, 4) is 0 Å². The molecule has 2 aromatic rings. The molecule has 2 heterocycles. The molecule has 1 N–H and O–H groups in total. The maximum atomic E-state index is 12.3. The molecule has 1 aliphatic rings. The van der Waals surface area contributed by atoms with E-state index in [0.717, 1.165) is 37.2 Å². The largest absolute Gasteiger partial charge is 0.312 e.